The Morgan fingerprint density at radius 1 is 0.980 bits per heavy atom. The second-order valence-corrected chi connectivity index (χ2v) is 14.2. The molecule has 7 rings (SSSR count). The average molecular weight is 703 g/mol. The van der Waals surface area contributed by atoms with Crippen molar-refractivity contribution < 1.29 is 22.9 Å². The van der Waals surface area contributed by atoms with Crippen molar-refractivity contribution in [1.29, 1.82) is 0 Å². The summed E-state index contributed by atoms with van der Waals surface area (Å²) >= 11 is 0. The van der Waals surface area contributed by atoms with Gasteiger partial charge in [-0.05, 0) is 54.3 Å². The van der Waals surface area contributed by atoms with Crippen molar-refractivity contribution in [3.05, 3.63) is 156 Å². The van der Waals surface area contributed by atoms with E-state index in [-0.39, 0.29) is 28.6 Å². The van der Waals surface area contributed by atoms with E-state index < -0.39 is 32.8 Å². The first-order valence-corrected chi connectivity index (χ1v) is 17.7. The summed E-state index contributed by atoms with van der Waals surface area (Å²) in [6.07, 6.45) is 2.94. The molecule has 258 valence electrons. The van der Waals surface area contributed by atoms with Crippen molar-refractivity contribution in [3.63, 3.8) is 0 Å². The molecule has 1 aliphatic heterocycles. The van der Waals surface area contributed by atoms with Gasteiger partial charge in [0.05, 0.1) is 25.5 Å². The molecule has 1 aliphatic rings. The highest BCUT2D eigenvalue weighted by atomic mass is 32.2. The molecule has 3 heterocycles. The fourth-order valence-corrected chi connectivity index (χ4v) is 7.81. The Bertz CT molecular complexity index is 2270. The van der Waals surface area contributed by atoms with Crippen LogP contribution < -0.4 is 19.9 Å². The maximum Gasteiger partial charge on any atom is 0.270 e. The molecule has 0 saturated heterocycles. The SMILES string of the molecule is COc1cc(-c2ccc(F)c(C)c2NC(=O)C2(C)Cn3ncc(S(N)(=O)=NC(c4ccccc4)(c4ccccc4)c4ccccc4)c3O2)ccn1. The summed E-state index contributed by atoms with van der Waals surface area (Å²) in [5, 5.41) is 14.1. The number of ether oxygens (including phenoxy) is 2. The molecule has 2 unspecified atom stereocenters. The molecule has 12 heteroatoms. The smallest absolute Gasteiger partial charge is 0.270 e. The van der Waals surface area contributed by atoms with Crippen LogP contribution in [-0.4, -0.2) is 37.6 Å². The van der Waals surface area contributed by atoms with Crippen LogP contribution >= 0.6 is 0 Å². The molecule has 0 saturated carbocycles. The fourth-order valence-electron chi connectivity index (χ4n) is 6.39. The molecule has 0 aliphatic carbocycles. The lowest BCUT2D eigenvalue weighted by molar-refractivity contribution is -0.128. The van der Waals surface area contributed by atoms with Crippen LogP contribution in [0.4, 0.5) is 10.1 Å². The monoisotopic (exact) mass is 702 g/mol. The van der Waals surface area contributed by atoms with Crippen LogP contribution in [0.5, 0.6) is 11.8 Å². The number of rotatable bonds is 9. The van der Waals surface area contributed by atoms with Crippen LogP contribution in [0.25, 0.3) is 11.1 Å². The van der Waals surface area contributed by atoms with Gasteiger partial charge in [-0.25, -0.2) is 23.4 Å². The van der Waals surface area contributed by atoms with E-state index in [2.05, 4.69) is 15.4 Å². The predicted octanol–water partition coefficient (Wildman–Crippen LogP) is 6.88. The van der Waals surface area contributed by atoms with Gasteiger partial charge in [0.25, 0.3) is 5.91 Å². The summed E-state index contributed by atoms with van der Waals surface area (Å²) in [5.74, 6) is -0.641. The zero-order valence-corrected chi connectivity index (χ0v) is 28.9. The van der Waals surface area contributed by atoms with Crippen molar-refractivity contribution >= 4 is 21.5 Å². The molecule has 3 N–H and O–H groups in total. The van der Waals surface area contributed by atoms with Gasteiger partial charge >= 0.3 is 0 Å². The summed E-state index contributed by atoms with van der Waals surface area (Å²) in [4.78, 5) is 18.2. The molecule has 2 atom stereocenters. The molecule has 2 aromatic heterocycles. The van der Waals surface area contributed by atoms with Gasteiger partial charge < -0.3 is 14.8 Å². The van der Waals surface area contributed by atoms with Crippen molar-refractivity contribution in [2.24, 2.45) is 9.50 Å². The summed E-state index contributed by atoms with van der Waals surface area (Å²) < 4.78 is 47.8. The maximum atomic E-state index is 14.9. The zero-order valence-electron chi connectivity index (χ0n) is 28.1. The third-order valence-corrected chi connectivity index (χ3v) is 10.5. The number of methoxy groups -OCH3 is 1. The molecule has 0 spiro atoms. The normalized spacial score (nSPS) is 16.4. The predicted molar refractivity (Wildman–Crippen MR) is 193 cm³/mol. The minimum absolute atomic E-state index is 0.0301. The topological polar surface area (TPSA) is 134 Å². The average Bonchev–Trinajstić information content (AvgIpc) is 3.71. The van der Waals surface area contributed by atoms with E-state index in [0.29, 0.717) is 17.0 Å². The van der Waals surface area contributed by atoms with Crippen molar-refractivity contribution in [1.82, 2.24) is 14.8 Å². The van der Waals surface area contributed by atoms with Crippen molar-refractivity contribution in [2.75, 3.05) is 12.4 Å². The Balaban J connectivity index is 1.29. The maximum absolute atomic E-state index is 14.9. The van der Waals surface area contributed by atoms with Gasteiger partial charge in [-0.3, -0.25) is 4.79 Å². The lowest BCUT2D eigenvalue weighted by Gasteiger charge is -2.32. The lowest BCUT2D eigenvalue weighted by atomic mass is 9.78. The van der Waals surface area contributed by atoms with Gasteiger partial charge in [0.2, 0.25) is 17.4 Å². The number of anilines is 1. The summed E-state index contributed by atoms with van der Waals surface area (Å²) in [7, 11) is -2.27. The minimum atomic E-state index is -3.77. The Hall–Kier alpha value is -5.85. The van der Waals surface area contributed by atoms with E-state index in [1.807, 2.05) is 91.0 Å². The number of nitrogens with two attached hydrogens (primary N) is 1. The number of aromatic nitrogens is 3. The molecule has 1 amide bonds. The van der Waals surface area contributed by atoms with E-state index >= 15 is 0 Å². The van der Waals surface area contributed by atoms with E-state index in [9.17, 15) is 13.4 Å². The van der Waals surface area contributed by atoms with Crippen LogP contribution in [0.2, 0.25) is 0 Å². The first-order chi connectivity index (χ1) is 24.6. The third kappa shape index (κ3) is 6.02. The second-order valence-electron chi connectivity index (χ2n) is 12.4. The standard InChI is InChI=1S/C39H35FN6O4S/c1-26-32(40)20-19-31(27-21-22-42-34(23-27)49-3)35(26)44-37(47)38(2)25-46-36(50-38)33(24-43-46)51(41,48)45-39(28-13-7-4-8-14-28,29-15-9-5-10-16-29)30-17-11-6-12-18-30/h4-24H,25H2,1-3H3,(H,44,47)(H2,41,45,48). The van der Waals surface area contributed by atoms with Gasteiger partial charge in [-0.15, -0.1) is 0 Å². The molecular formula is C39H35FN6O4S. The van der Waals surface area contributed by atoms with Gasteiger partial charge in [0, 0.05) is 23.4 Å². The number of nitrogens with zero attached hydrogens (tertiary/aromatic N) is 4. The number of benzene rings is 4. The molecule has 6 aromatic rings. The molecule has 4 aromatic carbocycles. The molecule has 0 fully saturated rings. The minimum Gasteiger partial charge on any atom is -0.481 e. The summed E-state index contributed by atoms with van der Waals surface area (Å²) in [5.41, 5.74) is 1.16. The van der Waals surface area contributed by atoms with Gasteiger partial charge in [0.1, 0.15) is 26.2 Å². The first-order valence-electron chi connectivity index (χ1n) is 16.1. The quantitative estimate of drug-likeness (QED) is 0.158. The van der Waals surface area contributed by atoms with Crippen LogP contribution in [-0.2, 0) is 26.8 Å². The summed E-state index contributed by atoms with van der Waals surface area (Å²) in [6, 6.07) is 34.9. The second kappa shape index (κ2) is 13.1. The van der Waals surface area contributed by atoms with Crippen LogP contribution in [0.1, 0.15) is 29.2 Å². The number of halogens is 1. The number of carbonyl (C=O) groups excluding carboxylic acids is 1. The van der Waals surface area contributed by atoms with Gasteiger partial charge in [-0.1, -0.05) is 91.0 Å². The zero-order chi connectivity index (χ0) is 35.8. The summed E-state index contributed by atoms with van der Waals surface area (Å²) in [6.45, 7) is 3.14. The Morgan fingerprint density at radius 2 is 1.57 bits per heavy atom. The highest BCUT2D eigenvalue weighted by Crippen LogP contribution is 2.44. The first kappa shape index (κ1) is 33.6. The highest BCUT2D eigenvalue weighted by Gasteiger charge is 2.46. The van der Waals surface area contributed by atoms with E-state index in [4.69, 9.17) is 19.0 Å². The molecule has 10 nitrogen and oxygen atoms in total. The molecular weight excluding hydrogens is 668 g/mol. The molecule has 0 bridgehead atoms. The lowest BCUT2D eigenvalue weighted by Crippen LogP contribution is -2.45. The number of hydrogen-bond acceptors (Lipinski definition) is 7. The van der Waals surface area contributed by atoms with Crippen LogP contribution in [0.15, 0.2) is 137 Å². The number of fused-ring (bicyclic) bond motifs is 1. The van der Waals surface area contributed by atoms with Crippen LogP contribution in [0, 0.1) is 12.7 Å². The third-order valence-electron chi connectivity index (χ3n) is 9.07. The van der Waals surface area contributed by atoms with Gasteiger partial charge in [-0.2, -0.15) is 9.46 Å². The Kier molecular flexibility index (Phi) is 8.65. The number of pyridine rings is 1. The van der Waals surface area contributed by atoms with Gasteiger partial charge in [0.15, 0.2) is 0 Å². The Labute approximate surface area is 295 Å². The number of carbonyl (C=O) groups is 1. The van der Waals surface area contributed by atoms with Crippen molar-refractivity contribution in [3.8, 4) is 22.9 Å². The van der Waals surface area contributed by atoms with Crippen LogP contribution in [0.3, 0.4) is 0 Å². The largest absolute Gasteiger partial charge is 0.481 e. The van der Waals surface area contributed by atoms with Crippen molar-refractivity contribution in [2.45, 2.75) is 36.4 Å². The van der Waals surface area contributed by atoms with E-state index in [0.717, 1.165) is 16.7 Å². The molecule has 0 radical (unpaired) electrons. The van der Waals surface area contributed by atoms with E-state index in [1.54, 1.807) is 38.2 Å². The number of nitrogens with one attached hydrogen (secondary N) is 1. The fraction of sp³-hybridized carbons (Fsp3) is 0.154. The highest BCUT2D eigenvalue weighted by molar-refractivity contribution is 7.91. The number of hydrogen-bond donors (Lipinski definition) is 2. The number of amides is 1. The Morgan fingerprint density at radius 3 is 2.14 bits per heavy atom. The molecule has 51 heavy (non-hydrogen) atoms. The van der Waals surface area contributed by atoms with E-state index in [1.165, 1.54) is 24.1 Å².